The molecule has 0 atom stereocenters. The number of Topliss-reactive ketones (excluding diaryl/α,β-unsaturated/α-hetero) is 1. The van der Waals surface area contributed by atoms with Gasteiger partial charge in [-0.05, 0) is 19.9 Å². The zero-order chi connectivity index (χ0) is 15.4. The van der Waals surface area contributed by atoms with Crippen LogP contribution in [0, 0.1) is 11.7 Å². The first-order valence-electron chi connectivity index (χ1n) is 7.28. The molecule has 4 nitrogen and oxygen atoms in total. The second kappa shape index (κ2) is 6.89. The minimum Gasteiger partial charge on any atom is -0.490 e. The van der Waals surface area contributed by atoms with Crippen LogP contribution in [0.4, 0.5) is 4.39 Å². The summed E-state index contributed by atoms with van der Waals surface area (Å²) in [5, 5.41) is 3.17. The van der Waals surface area contributed by atoms with E-state index in [2.05, 4.69) is 5.32 Å². The van der Waals surface area contributed by atoms with E-state index in [1.807, 2.05) is 7.05 Å². The van der Waals surface area contributed by atoms with E-state index in [0.29, 0.717) is 17.5 Å². The van der Waals surface area contributed by atoms with Crippen LogP contribution >= 0.6 is 0 Å². The number of ether oxygens (including phenoxy) is 2. The van der Waals surface area contributed by atoms with Crippen molar-refractivity contribution in [2.75, 3.05) is 13.7 Å². The first-order valence-corrected chi connectivity index (χ1v) is 7.28. The molecule has 0 saturated heterocycles. The van der Waals surface area contributed by atoms with Gasteiger partial charge in [-0.3, -0.25) is 4.79 Å². The van der Waals surface area contributed by atoms with Crippen LogP contribution < -0.4 is 14.8 Å². The molecule has 5 heteroatoms. The molecular formula is C16H22FNO3. The molecule has 2 rings (SSSR count). The van der Waals surface area contributed by atoms with Gasteiger partial charge in [-0.1, -0.05) is 13.8 Å². The van der Waals surface area contributed by atoms with Crippen molar-refractivity contribution in [3.63, 3.8) is 0 Å². The minimum atomic E-state index is -0.427. The highest BCUT2D eigenvalue weighted by atomic mass is 19.1. The summed E-state index contributed by atoms with van der Waals surface area (Å²) in [4.78, 5) is 11.5. The van der Waals surface area contributed by atoms with Gasteiger partial charge in [-0.2, -0.15) is 0 Å². The lowest BCUT2D eigenvalue weighted by Crippen LogP contribution is -2.45. The number of carbonyl (C=O) groups excluding carboxylic acids is 1. The average molecular weight is 295 g/mol. The molecule has 0 heterocycles. The number of carbonyl (C=O) groups is 1. The summed E-state index contributed by atoms with van der Waals surface area (Å²) in [6, 6.07) is 4.70. The molecule has 116 valence electrons. The summed E-state index contributed by atoms with van der Waals surface area (Å²) >= 11 is 0. The monoisotopic (exact) mass is 295 g/mol. The molecule has 1 fully saturated rings. The predicted molar refractivity (Wildman–Crippen MR) is 78.2 cm³/mol. The van der Waals surface area contributed by atoms with Gasteiger partial charge in [0.1, 0.15) is 30.0 Å². The fourth-order valence-corrected chi connectivity index (χ4v) is 2.10. The third kappa shape index (κ3) is 4.43. The predicted octanol–water partition coefficient (Wildman–Crippen LogP) is 2.56. The highest BCUT2D eigenvalue weighted by molar-refractivity contribution is 5.81. The van der Waals surface area contributed by atoms with E-state index in [1.54, 1.807) is 19.9 Å². The lowest BCUT2D eigenvalue weighted by molar-refractivity contribution is -0.123. The van der Waals surface area contributed by atoms with Gasteiger partial charge in [0, 0.05) is 30.2 Å². The number of hydrogen-bond acceptors (Lipinski definition) is 4. The highest BCUT2D eigenvalue weighted by Gasteiger charge is 2.29. The summed E-state index contributed by atoms with van der Waals surface area (Å²) < 4.78 is 24.6. The lowest BCUT2D eigenvalue weighted by Gasteiger charge is -2.35. The maximum absolute atomic E-state index is 13.6. The number of ketones is 1. The Balaban J connectivity index is 1.92. The van der Waals surface area contributed by atoms with Crippen LogP contribution in [-0.4, -0.2) is 31.6 Å². The summed E-state index contributed by atoms with van der Waals surface area (Å²) in [6.07, 6.45) is 1.93. The molecule has 1 aliphatic carbocycles. The van der Waals surface area contributed by atoms with Crippen molar-refractivity contribution in [3.8, 4) is 11.5 Å². The fraction of sp³-hybridized carbons (Fsp3) is 0.562. The summed E-state index contributed by atoms with van der Waals surface area (Å²) in [6.45, 7) is 3.56. The van der Waals surface area contributed by atoms with Crippen molar-refractivity contribution in [2.45, 2.75) is 38.8 Å². The van der Waals surface area contributed by atoms with Gasteiger partial charge in [0.25, 0.3) is 0 Å². The molecule has 1 saturated carbocycles. The molecule has 0 aliphatic heterocycles. The molecule has 1 N–H and O–H groups in total. The minimum absolute atomic E-state index is 0.0161. The Morgan fingerprint density at radius 3 is 2.62 bits per heavy atom. The second-order valence-electron chi connectivity index (χ2n) is 5.73. The Morgan fingerprint density at radius 2 is 2.00 bits per heavy atom. The van der Waals surface area contributed by atoms with E-state index >= 15 is 0 Å². The van der Waals surface area contributed by atoms with Crippen LogP contribution in [-0.2, 0) is 4.79 Å². The van der Waals surface area contributed by atoms with E-state index in [1.165, 1.54) is 12.1 Å². The summed E-state index contributed by atoms with van der Waals surface area (Å²) in [5.41, 5.74) is 0. The van der Waals surface area contributed by atoms with Crippen LogP contribution in [0.15, 0.2) is 18.2 Å². The van der Waals surface area contributed by atoms with Crippen molar-refractivity contribution in [3.05, 3.63) is 24.0 Å². The molecule has 1 aromatic carbocycles. The van der Waals surface area contributed by atoms with Crippen molar-refractivity contribution in [2.24, 2.45) is 5.92 Å². The highest BCUT2D eigenvalue weighted by Crippen LogP contribution is 2.29. The molecular weight excluding hydrogens is 273 g/mol. The van der Waals surface area contributed by atoms with E-state index in [9.17, 15) is 9.18 Å². The lowest BCUT2D eigenvalue weighted by atomic mass is 9.89. The molecule has 0 aromatic heterocycles. The SMILES string of the molecule is CN[C@H]1C[C@@H](Oc2cc(F)cc(OCC(=O)C(C)C)c2)C1. The molecule has 0 spiro atoms. The Morgan fingerprint density at radius 1 is 1.33 bits per heavy atom. The first-order chi connectivity index (χ1) is 9.97. The second-order valence-corrected chi connectivity index (χ2v) is 5.73. The van der Waals surface area contributed by atoms with Crippen LogP contribution in [0.5, 0.6) is 11.5 Å². The normalized spacial score (nSPS) is 21.0. The number of hydrogen-bond donors (Lipinski definition) is 1. The van der Waals surface area contributed by atoms with E-state index in [0.717, 1.165) is 12.8 Å². The van der Waals surface area contributed by atoms with Gasteiger partial charge < -0.3 is 14.8 Å². The summed E-state index contributed by atoms with van der Waals surface area (Å²) in [5.74, 6) is 0.231. The van der Waals surface area contributed by atoms with Gasteiger partial charge >= 0.3 is 0 Å². The zero-order valence-corrected chi connectivity index (χ0v) is 12.7. The Kier molecular flexibility index (Phi) is 5.17. The van der Waals surface area contributed by atoms with Gasteiger partial charge in [-0.15, -0.1) is 0 Å². The smallest absolute Gasteiger partial charge is 0.172 e. The van der Waals surface area contributed by atoms with Gasteiger partial charge in [0.2, 0.25) is 0 Å². The standard InChI is InChI=1S/C16H22FNO3/c1-10(2)16(19)9-20-13-4-11(17)5-14(8-13)21-15-6-12(7-15)18-3/h4-5,8,10,12,15,18H,6-7,9H2,1-3H3/t12-,15+. The topological polar surface area (TPSA) is 47.6 Å². The van der Waals surface area contributed by atoms with Crippen LogP contribution in [0.3, 0.4) is 0 Å². The van der Waals surface area contributed by atoms with Crippen molar-refractivity contribution >= 4 is 5.78 Å². The van der Waals surface area contributed by atoms with E-state index < -0.39 is 5.82 Å². The molecule has 0 bridgehead atoms. The number of rotatable bonds is 7. The van der Waals surface area contributed by atoms with Gasteiger partial charge in [-0.25, -0.2) is 4.39 Å². The maximum atomic E-state index is 13.6. The van der Waals surface area contributed by atoms with E-state index in [-0.39, 0.29) is 24.4 Å². The number of nitrogens with one attached hydrogen (secondary N) is 1. The van der Waals surface area contributed by atoms with Crippen LogP contribution in [0.1, 0.15) is 26.7 Å². The zero-order valence-electron chi connectivity index (χ0n) is 12.7. The number of benzene rings is 1. The summed E-state index contributed by atoms with van der Waals surface area (Å²) in [7, 11) is 1.92. The molecule has 0 amide bonds. The molecule has 21 heavy (non-hydrogen) atoms. The third-order valence-electron chi connectivity index (χ3n) is 3.68. The molecule has 1 aliphatic rings. The Hall–Kier alpha value is -1.62. The Labute approximate surface area is 124 Å². The fourth-order valence-electron chi connectivity index (χ4n) is 2.10. The maximum Gasteiger partial charge on any atom is 0.172 e. The van der Waals surface area contributed by atoms with Crippen LogP contribution in [0.2, 0.25) is 0 Å². The average Bonchev–Trinajstić information content (AvgIpc) is 2.39. The van der Waals surface area contributed by atoms with E-state index in [4.69, 9.17) is 9.47 Å². The third-order valence-corrected chi connectivity index (χ3v) is 3.68. The largest absolute Gasteiger partial charge is 0.490 e. The van der Waals surface area contributed by atoms with Crippen molar-refractivity contribution in [1.82, 2.24) is 5.32 Å². The van der Waals surface area contributed by atoms with Crippen LogP contribution in [0.25, 0.3) is 0 Å². The molecule has 1 aromatic rings. The number of halogens is 1. The first kappa shape index (κ1) is 15.8. The molecule has 0 unspecified atom stereocenters. The Bertz CT molecular complexity index is 498. The van der Waals surface area contributed by atoms with Crippen molar-refractivity contribution in [1.29, 1.82) is 0 Å². The van der Waals surface area contributed by atoms with Crippen molar-refractivity contribution < 1.29 is 18.7 Å². The van der Waals surface area contributed by atoms with Gasteiger partial charge in [0.05, 0.1) is 0 Å². The van der Waals surface area contributed by atoms with Gasteiger partial charge in [0.15, 0.2) is 5.78 Å². The quantitative estimate of drug-likeness (QED) is 0.840. The molecule has 0 radical (unpaired) electrons.